The van der Waals surface area contributed by atoms with Crippen molar-refractivity contribution in [3.63, 3.8) is 0 Å². The summed E-state index contributed by atoms with van der Waals surface area (Å²) in [6, 6.07) is 12.9. The fourth-order valence-corrected chi connectivity index (χ4v) is 2.41. The summed E-state index contributed by atoms with van der Waals surface area (Å²) in [6.45, 7) is 2.57. The van der Waals surface area contributed by atoms with Crippen molar-refractivity contribution in [2.75, 3.05) is 0 Å². The molecule has 3 aromatic rings. The van der Waals surface area contributed by atoms with Crippen molar-refractivity contribution in [1.82, 2.24) is 9.55 Å². The van der Waals surface area contributed by atoms with E-state index in [-0.39, 0.29) is 11.6 Å². The highest BCUT2D eigenvalue weighted by Crippen LogP contribution is 2.33. The zero-order valence-corrected chi connectivity index (χ0v) is 11.6. The standard InChI is InChI=1S/C17H14F2N2/c1-2-21-11-20-16(12-7-3-5-9-14(12)18)17(21)13-8-4-6-10-15(13)19/h3-11H,2H2,1H3. The molecular formula is C17H14F2N2. The van der Waals surface area contributed by atoms with E-state index in [1.807, 2.05) is 11.5 Å². The number of hydrogen-bond acceptors (Lipinski definition) is 1. The Hall–Kier alpha value is -2.49. The minimum absolute atomic E-state index is 0.342. The number of rotatable bonds is 3. The van der Waals surface area contributed by atoms with Crippen LogP contribution in [0, 0.1) is 11.6 Å². The van der Waals surface area contributed by atoms with E-state index >= 15 is 0 Å². The van der Waals surface area contributed by atoms with Crippen LogP contribution >= 0.6 is 0 Å². The van der Waals surface area contributed by atoms with Crippen LogP contribution in [0.15, 0.2) is 54.9 Å². The van der Waals surface area contributed by atoms with Gasteiger partial charge in [0.15, 0.2) is 0 Å². The Balaban J connectivity index is 2.28. The molecule has 21 heavy (non-hydrogen) atoms. The molecule has 0 aliphatic carbocycles. The van der Waals surface area contributed by atoms with Crippen molar-refractivity contribution in [1.29, 1.82) is 0 Å². The maximum Gasteiger partial charge on any atom is 0.132 e. The normalized spacial score (nSPS) is 10.8. The van der Waals surface area contributed by atoms with Gasteiger partial charge in [-0.3, -0.25) is 0 Å². The Kier molecular flexibility index (Phi) is 3.52. The maximum absolute atomic E-state index is 14.1. The van der Waals surface area contributed by atoms with Gasteiger partial charge in [-0.05, 0) is 31.2 Å². The first kappa shape index (κ1) is 13.5. The van der Waals surface area contributed by atoms with Crippen LogP contribution in [0.5, 0.6) is 0 Å². The average molecular weight is 284 g/mol. The van der Waals surface area contributed by atoms with Gasteiger partial charge in [0.1, 0.15) is 11.6 Å². The minimum Gasteiger partial charge on any atom is -0.330 e. The van der Waals surface area contributed by atoms with Crippen LogP contribution in [-0.2, 0) is 6.54 Å². The van der Waals surface area contributed by atoms with Gasteiger partial charge in [0.25, 0.3) is 0 Å². The Morgan fingerprint density at radius 2 is 1.48 bits per heavy atom. The van der Waals surface area contributed by atoms with Crippen molar-refractivity contribution in [3.05, 3.63) is 66.5 Å². The molecule has 0 aliphatic rings. The van der Waals surface area contributed by atoms with Crippen LogP contribution in [-0.4, -0.2) is 9.55 Å². The van der Waals surface area contributed by atoms with Crippen LogP contribution in [0.25, 0.3) is 22.5 Å². The van der Waals surface area contributed by atoms with Crippen LogP contribution in [0.3, 0.4) is 0 Å². The van der Waals surface area contributed by atoms with Crippen molar-refractivity contribution in [2.24, 2.45) is 0 Å². The van der Waals surface area contributed by atoms with Gasteiger partial charge in [-0.25, -0.2) is 13.8 Å². The molecule has 4 heteroatoms. The number of halogens is 2. The fraction of sp³-hybridized carbons (Fsp3) is 0.118. The number of benzene rings is 2. The largest absolute Gasteiger partial charge is 0.330 e. The van der Waals surface area contributed by atoms with Gasteiger partial charge in [0.05, 0.1) is 17.7 Å². The monoisotopic (exact) mass is 284 g/mol. The molecule has 0 saturated heterocycles. The van der Waals surface area contributed by atoms with E-state index in [9.17, 15) is 8.78 Å². The summed E-state index contributed by atoms with van der Waals surface area (Å²) in [6.07, 6.45) is 1.61. The molecule has 0 unspecified atom stereocenters. The summed E-state index contributed by atoms with van der Waals surface area (Å²) in [5.41, 5.74) is 1.86. The molecule has 0 radical (unpaired) electrons. The minimum atomic E-state index is -0.364. The highest BCUT2D eigenvalue weighted by Gasteiger charge is 2.19. The first-order valence-electron chi connectivity index (χ1n) is 6.77. The van der Waals surface area contributed by atoms with Crippen molar-refractivity contribution < 1.29 is 8.78 Å². The lowest BCUT2D eigenvalue weighted by molar-refractivity contribution is 0.627. The highest BCUT2D eigenvalue weighted by molar-refractivity contribution is 5.79. The second kappa shape index (κ2) is 5.48. The van der Waals surface area contributed by atoms with Gasteiger partial charge in [0.2, 0.25) is 0 Å². The maximum atomic E-state index is 14.1. The lowest BCUT2D eigenvalue weighted by Crippen LogP contribution is -1.98. The predicted octanol–water partition coefficient (Wildman–Crippen LogP) is 4.52. The third-order valence-corrected chi connectivity index (χ3v) is 3.44. The number of imidazole rings is 1. The summed E-state index contributed by atoms with van der Waals surface area (Å²) >= 11 is 0. The average Bonchev–Trinajstić information content (AvgIpc) is 2.92. The molecule has 0 spiro atoms. The lowest BCUT2D eigenvalue weighted by Gasteiger charge is -2.10. The van der Waals surface area contributed by atoms with Gasteiger partial charge < -0.3 is 4.57 Å². The van der Waals surface area contributed by atoms with E-state index in [0.29, 0.717) is 29.1 Å². The van der Waals surface area contributed by atoms with Crippen LogP contribution < -0.4 is 0 Å². The molecule has 3 rings (SSSR count). The first-order chi connectivity index (χ1) is 10.2. The van der Waals surface area contributed by atoms with Crippen LogP contribution in [0.2, 0.25) is 0 Å². The zero-order chi connectivity index (χ0) is 14.8. The van der Waals surface area contributed by atoms with Gasteiger partial charge in [-0.2, -0.15) is 0 Å². The lowest BCUT2D eigenvalue weighted by atomic mass is 10.0. The Morgan fingerprint density at radius 1 is 0.905 bits per heavy atom. The third-order valence-electron chi connectivity index (χ3n) is 3.44. The van der Waals surface area contributed by atoms with E-state index in [4.69, 9.17) is 0 Å². The molecule has 0 amide bonds. The molecule has 0 atom stereocenters. The summed E-state index contributed by atoms with van der Waals surface area (Å²) in [7, 11) is 0. The molecule has 106 valence electrons. The fourth-order valence-electron chi connectivity index (χ4n) is 2.41. The number of nitrogens with zero attached hydrogens (tertiary/aromatic N) is 2. The van der Waals surface area contributed by atoms with Crippen molar-refractivity contribution in [2.45, 2.75) is 13.5 Å². The smallest absolute Gasteiger partial charge is 0.132 e. The Morgan fingerprint density at radius 3 is 2.05 bits per heavy atom. The zero-order valence-electron chi connectivity index (χ0n) is 11.6. The molecule has 1 heterocycles. The van der Waals surface area contributed by atoms with E-state index in [2.05, 4.69) is 4.98 Å². The highest BCUT2D eigenvalue weighted by atomic mass is 19.1. The van der Waals surface area contributed by atoms with Gasteiger partial charge in [-0.1, -0.05) is 24.3 Å². The molecule has 0 bridgehead atoms. The summed E-state index contributed by atoms with van der Waals surface area (Å²) < 4.78 is 30.0. The van der Waals surface area contributed by atoms with Gasteiger partial charge >= 0.3 is 0 Å². The second-order valence-electron chi connectivity index (χ2n) is 4.69. The molecule has 0 N–H and O–H groups in total. The van der Waals surface area contributed by atoms with Crippen LogP contribution in [0.4, 0.5) is 8.78 Å². The van der Waals surface area contributed by atoms with Crippen molar-refractivity contribution in [3.8, 4) is 22.5 Å². The number of aromatic nitrogens is 2. The summed E-state index contributed by atoms with van der Waals surface area (Å²) in [4.78, 5) is 4.29. The molecule has 0 aliphatic heterocycles. The molecule has 2 aromatic carbocycles. The second-order valence-corrected chi connectivity index (χ2v) is 4.69. The Bertz CT molecular complexity index is 778. The number of aryl methyl sites for hydroxylation is 1. The van der Waals surface area contributed by atoms with Gasteiger partial charge in [-0.15, -0.1) is 0 Å². The quantitative estimate of drug-likeness (QED) is 0.691. The third kappa shape index (κ3) is 2.33. The molecule has 1 aromatic heterocycles. The summed E-state index contributed by atoms with van der Waals surface area (Å²) in [5.74, 6) is -0.707. The van der Waals surface area contributed by atoms with E-state index in [1.165, 1.54) is 12.1 Å². The molecule has 0 saturated carbocycles. The van der Waals surface area contributed by atoms with E-state index < -0.39 is 0 Å². The first-order valence-corrected chi connectivity index (χ1v) is 6.77. The molecule has 2 nitrogen and oxygen atoms in total. The van der Waals surface area contributed by atoms with E-state index in [1.54, 1.807) is 42.7 Å². The topological polar surface area (TPSA) is 17.8 Å². The summed E-state index contributed by atoms with van der Waals surface area (Å²) in [5, 5.41) is 0. The predicted molar refractivity (Wildman–Crippen MR) is 78.7 cm³/mol. The molecular weight excluding hydrogens is 270 g/mol. The van der Waals surface area contributed by atoms with Gasteiger partial charge in [0, 0.05) is 17.7 Å². The SMILES string of the molecule is CCn1cnc(-c2ccccc2F)c1-c1ccccc1F. The molecule has 0 fully saturated rings. The Labute approximate surface area is 121 Å². The van der Waals surface area contributed by atoms with E-state index in [0.717, 1.165) is 0 Å². The van der Waals surface area contributed by atoms with Crippen molar-refractivity contribution >= 4 is 0 Å². The van der Waals surface area contributed by atoms with Crippen LogP contribution in [0.1, 0.15) is 6.92 Å². The number of hydrogen-bond donors (Lipinski definition) is 0.